The first-order valence-corrected chi connectivity index (χ1v) is 7.34. The number of aliphatic hydroxyl groups excluding tert-OH is 1. The molecule has 3 aromatic rings. The Hall–Kier alpha value is -1.07. The second-order valence-electron chi connectivity index (χ2n) is 4.04. The Morgan fingerprint density at radius 1 is 1.26 bits per heavy atom. The molecule has 0 unspecified atom stereocenters. The summed E-state index contributed by atoms with van der Waals surface area (Å²) in [5, 5.41) is 12.2. The summed E-state index contributed by atoms with van der Waals surface area (Å²) in [5.41, 5.74) is 1.66. The van der Waals surface area contributed by atoms with Crippen molar-refractivity contribution in [2.45, 2.75) is 6.54 Å². The summed E-state index contributed by atoms with van der Waals surface area (Å²) in [5.74, 6) is 0.831. The van der Waals surface area contributed by atoms with Gasteiger partial charge in [-0.2, -0.15) is 0 Å². The standard InChI is InChI=1S/C13H10Cl2N2OS/c14-8-6-10-11(7-9(8)15)17(3-4-18)13(16-10)12-2-1-5-19-12/h1-2,5-7,18H,3-4H2. The Labute approximate surface area is 124 Å². The average molecular weight is 313 g/mol. The van der Waals surface area contributed by atoms with Crippen molar-refractivity contribution in [2.24, 2.45) is 0 Å². The van der Waals surface area contributed by atoms with Crippen molar-refractivity contribution in [1.29, 1.82) is 0 Å². The highest BCUT2D eigenvalue weighted by Gasteiger charge is 2.14. The van der Waals surface area contributed by atoms with Crippen LogP contribution in [0.5, 0.6) is 0 Å². The SMILES string of the molecule is OCCn1c(-c2cccs2)nc2cc(Cl)c(Cl)cc21. The minimum atomic E-state index is 0.0457. The number of halogens is 2. The van der Waals surface area contributed by atoms with Crippen molar-refractivity contribution >= 4 is 45.6 Å². The van der Waals surface area contributed by atoms with Gasteiger partial charge in [0.25, 0.3) is 0 Å². The minimum Gasteiger partial charge on any atom is -0.395 e. The van der Waals surface area contributed by atoms with E-state index in [4.69, 9.17) is 23.2 Å². The van der Waals surface area contributed by atoms with Crippen LogP contribution < -0.4 is 0 Å². The van der Waals surface area contributed by atoms with Gasteiger partial charge in [-0.05, 0) is 23.6 Å². The van der Waals surface area contributed by atoms with Gasteiger partial charge in [0.15, 0.2) is 5.82 Å². The summed E-state index contributed by atoms with van der Waals surface area (Å²) in [6, 6.07) is 7.52. The molecule has 3 nitrogen and oxygen atoms in total. The van der Waals surface area contributed by atoms with Gasteiger partial charge in [-0.25, -0.2) is 4.98 Å². The van der Waals surface area contributed by atoms with Crippen LogP contribution in [0.1, 0.15) is 0 Å². The van der Waals surface area contributed by atoms with E-state index in [2.05, 4.69) is 4.98 Å². The van der Waals surface area contributed by atoms with Crippen LogP contribution in [0.3, 0.4) is 0 Å². The highest BCUT2D eigenvalue weighted by molar-refractivity contribution is 7.13. The summed E-state index contributed by atoms with van der Waals surface area (Å²) in [6.07, 6.45) is 0. The van der Waals surface area contributed by atoms with Crippen molar-refractivity contribution in [1.82, 2.24) is 9.55 Å². The molecule has 1 aromatic carbocycles. The third-order valence-corrected chi connectivity index (χ3v) is 4.44. The van der Waals surface area contributed by atoms with E-state index in [1.807, 2.05) is 22.1 Å². The predicted molar refractivity (Wildman–Crippen MR) is 80.2 cm³/mol. The molecule has 1 N–H and O–H groups in total. The van der Waals surface area contributed by atoms with Crippen molar-refractivity contribution in [3.63, 3.8) is 0 Å². The number of aliphatic hydroxyl groups is 1. The highest BCUT2D eigenvalue weighted by Crippen LogP contribution is 2.32. The fourth-order valence-corrected chi connectivity index (χ4v) is 3.08. The molecule has 0 aliphatic carbocycles. The maximum absolute atomic E-state index is 9.24. The number of fused-ring (bicyclic) bond motifs is 1. The molecule has 0 fully saturated rings. The van der Waals surface area contributed by atoms with E-state index >= 15 is 0 Å². The molecular weight excluding hydrogens is 303 g/mol. The second kappa shape index (κ2) is 5.13. The number of benzene rings is 1. The van der Waals surface area contributed by atoms with Crippen molar-refractivity contribution in [2.75, 3.05) is 6.61 Å². The van der Waals surface area contributed by atoms with Crippen molar-refractivity contribution in [3.05, 3.63) is 39.7 Å². The third kappa shape index (κ3) is 2.25. The lowest BCUT2D eigenvalue weighted by atomic mass is 10.3. The van der Waals surface area contributed by atoms with Gasteiger partial charge in [-0.3, -0.25) is 0 Å². The number of aromatic nitrogens is 2. The highest BCUT2D eigenvalue weighted by atomic mass is 35.5. The lowest BCUT2D eigenvalue weighted by Gasteiger charge is -2.06. The largest absolute Gasteiger partial charge is 0.395 e. The zero-order chi connectivity index (χ0) is 13.4. The predicted octanol–water partition coefficient (Wildman–Crippen LogP) is 4.06. The summed E-state index contributed by atoms with van der Waals surface area (Å²) < 4.78 is 1.96. The van der Waals surface area contributed by atoms with E-state index in [0.29, 0.717) is 16.6 Å². The van der Waals surface area contributed by atoms with Crippen LogP contribution in [0.25, 0.3) is 21.7 Å². The molecule has 3 rings (SSSR count). The van der Waals surface area contributed by atoms with E-state index in [0.717, 1.165) is 21.7 Å². The maximum Gasteiger partial charge on any atom is 0.151 e. The lowest BCUT2D eigenvalue weighted by Crippen LogP contribution is -2.03. The number of nitrogens with zero attached hydrogens (tertiary/aromatic N) is 2. The molecule has 0 radical (unpaired) electrons. The zero-order valence-electron chi connectivity index (χ0n) is 9.81. The molecule has 0 aliphatic heterocycles. The Morgan fingerprint density at radius 3 is 2.74 bits per heavy atom. The van der Waals surface area contributed by atoms with E-state index in [-0.39, 0.29) is 6.61 Å². The molecule has 0 bridgehead atoms. The normalized spacial score (nSPS) is 11.3. The number of thiophene rings is 1. The summed E-state index contributed by atoms with van der Waals surface area (Å²) in [6.45, 7) is 0.520. The molecular formula is C13H10Cl2N2OS. The van der Waals surface area contributed by atoms with Crippen LogP contribution >= 0.6 is 34.5 Å². The van der Waals surface area contributed by atoms with E-state index < -0.39 is 0 Å². The van der Waals surface area contributed by atoms with Crippen molar-refractivity contribution < 1.29 is 5.11 Å². The Balaban J connectivity index is 2.29. The van der Waals surface area contributed by atoms with Crippen LogP contribution in [0.4, 0.5) is 0 Å². The quantitative estimate of drug-likeness (QED) is 0.792. The van der Waals surface area contributed by atoms with Crippen LogP contribution in [0.2, 0.25) is 10.0 Å². The fourth-order valence-electron chi connectivity index (χ4n) is 2.04. The second-order valence-corrected chi connectivity index (χ2v) is 5.81. The van der Waals surface area contributed by atoms with Gasteiger partial charge >= 0.3 is 0 Å². The maximum atomic E-state index is 9.24. The van der Waals surface area contributed by atoms with Gasteiger partial charge in [0.2, 0.25) is 0 Å². The summed E-state index contributed by atoms with van der Waals surface area (Å²) in [7, 11) is 0. The van der Waals surface area contributed by atoms with Gasteiger partial charge in [-0.15, -0.1) is 11.3 Å². The molecule has 6 heteroatoms. The van der Waals surface area contributed by atoms with Crippen LogP contribution in [-0.4, -0.2) is 21.3 Å². The van der Waals surface area contributed by atoms with E-state index in [9.17, 15) is 5.11 Å². The van der Waals surface area contributed by atoms with Gasteiger partial charge in [0, 0.05) is 6.54 Å². The van der Waals surface area contributed by atoms with Crippen molar-refractivity contribution in [3.8, 4) is 10.7 Å². The molecule has 0 aliphatic rings. The van der Waals surface area contributed by atoms with Gasteiger partial charge in [0.05, 0.1) is 32.6 Å². The minimum absolute atomic E-state index is 0.0457. The van der Waals surface area contributed by atoms with E-state index in [1.165, 1.54) is 0 Å². The number of hydrogen-bond acceptors (Lipinski definition) is 3. The molecule has 98 valence electrons. The fraction of sp³-hybridized carbons (Fsp3) is 0.154. The topological polar surface area (TPSA) is 38.0 Å². The van der Waals surface area contributed by atoms with Crippen LogP contribution in [0.15, 0.2) is 29.6 Å². The molecule has 0 saturated carbocycles. The molecule has 2 aromatic heterocycles. The first-order valence-electron chi connectivity index (χ1n) is 5.70. The molecule has 0 saturated heterocycles. The first kappa shape index (κ1) is 12.9. The van der Waals surface area contributed by atoms with Crippen LogP contribution in [0, 0.1) is 0 Å². The molecule has 2 heterocycles. The molecule has 19 heavy (non-hydrogen) atoms. The van der Waals surface area contributed by atoms with Crippen LogP contribution in [-0.2, 0) is 6.54 Å². The van der Waals surface area contributed by atoms with Gasteiger partial charge in [0.1, 0.15) is 0 Å². The first-order chi connectivity index (χ1) is 9.20. The molecule has 0 amide bonds. The smallest absolute Gasteiger partial charge is 0.151 e. The zero-order valence-corrected chi connectivity index (χ0v) is 12.1. The average Bonchev–Trinajstić information content (AvgIpc) is 3.00. The summed E-state index contributed by atoms with van der Waals surface area (Å²) in [4.78, 5) is 5.65. The molecule has 0 atom stereocenters. The Bertz CT molecular complexity index is 722. The number of rotatable bonds is 3. The van der Waals surface area contributed by atoms with Gasteiger partial charge in [-0.1, -0.05) is 29.3 Å². The number of imidazole rings is 1. The Kier molecular flexibility index (Phi) is 3.50. The molecule has 0 spiro atoms. The lowest BCUT2D eigenvalue weighted by molar-refractivity contribution is 0.278. The Morgan fingerprint density at radius 2 is 2.05 bits per heavy atom. The summed E-state index contributed by atoms with van der Waals surface area (Å²) >= 11 is 13.7. The monoisotopic (exact) mass is 312 g/mol. The van der Waals surface area contributed by atoms with E-state index in [1.54, 1.807) is 23.5 Å². The number of hydrogen-bond donors (Lipinski definition) is 1. The van der Waals surface area contributed by atoms with Gasteiger partial charge < -0.3 is 9.67 Å². The third-order valence-electron chi connectivity index (χ3n) is 2.86.